The first kappa shape index (κ1) is 18.3. The van der Waals surface area contributed by atoms with Gasteiger partial charge in [-0.15, -0.1) is 11.3 Å². The second-order valence-corrected chi connectivity index (χ2v) is 7.16. The molecule has 138 valence electrons. The highest BCUT2D eigenvalue weighted by Gasteiger charge is 2.23. The Kier molecular flexibility index (Phi) is 5.53. The highest BCUT2D eigenvalue weighted by atomic mass is 32.1. The van der Waals surface area contributed by atoms with Crippen LogP contribution in [0.1, 0.15) is 44.5 Å². The zero-order valence-corrected chi connectivity index (χ0v) is 15.4. The maximum atomic E-state index is 12.6. The molecule has 0 bridgehead atoms. The topological polar surface area (TPSA) is 97.8 Å². The van der Waals surface area contributed by atoms with Gasteiger partial charge in [-0.3, -0.25) is 4.79 Å². The summed E-state index contributed by atoms with van der Waals surface area (Å²) in [4.78, 5) is 29.2. The number of aryl methyl sites for hydroxylation is 1. The molecule has 3 heterocycles. The summed E-state index contributed by atoms with van der Waals surface area (Å²) in [5.74, 6) is -1.09. The second kappa shape index (κ2) is 7.84. The zero-order valence-electron chi connectivity index (χ0n) is 14.6. The molecule has 1 saturated heterocycles. The number of nitrogens with zero attached hydrogens (tertiary/aromatic N) is 1. The Morgan fingerprint density at radius 1 is 1.50 bits per heavy atom. The van der Waals surface area contributed by atoms with Crippen LogP contribution in [0.15, 0.2) is 18.3 Å². The van der Waals surface area contributed by atoms with Crippen molar-refractivity contribution in [2.24, 2.45) is 0 Å². The van der Waals surface area contributed by atoms with E-state index in [0.29, 0.717) is 36.1 Å². The maximum absolute atomic E-state index is 12.6. The van der Waals surface area contributed by atoms with Crippen molar-refractivity contribution in [2.75, 3.05) is 18.5 Å². The number of hydrogen-bond donors (Lipinski definition) is 2. The van der Waals surface area contributed by atoms with Crippen LogP contribution in [-0.2, 0) is 11.2 Å². The van der Waals surface area contributed by atoms with Crippen LogP contribution in [0, 0.1) is 6.92 Å². The van der Waals surface area contributed by atoms with Gasteiger partial charge in [-0.25, -0.2) is 9.78 Å². The van der Waals surface area contributed by atoms with Gasteiger partial charge in [0, 0.05) is 29.1 Å². The number of thiophene rings is 1. The molecule has 1 amide bonds. The Hall–Kier alpha value is -2.45. The summed E-state index contributed by atoms with van der Waals surface area (Å²) in [6.45, 7) is 4.91. The fraction of sp³-hybridized carbons (Fsp3) is 0.389. The first-order chi connectivity index (χ1) is 12.5. The van der Waals surface area contributed by atoms with Crippen molar-refractivity contribution in [3.63, 3.8) is 0 Å². The van der Waals surface area contributed by atoms with E-state index in [1.165, 1.54) is 17.5 Å². The van der Waals surface area contributed by atoms with Gasteiger partial charge in [0.05, 0.1) is 18.8 Å². The molecule has 1 unspecified atom stereocenters. The number of nitrogens with one attached hydrogen (secondary N) is 1. The predicted octanol–water partition coefficient (Wildman–Crippen LogP) is 3.13. The molecule has 8 heteroatoms. The van der Waals surface area contributed by atoms with Gasteiger partial charge in [0.1, 0.15) is 11.1 Å². The van der Waals surface area contributed by atoms with E-state index < -0.39 is 11.9 Å². The Morgan fingerprint density at radius 2 is 2.31 bits per heavy atom. The summed E-state index contributed by atoms with van der Waals surface area (Å²) in [7, 11) is 0. The molecule has 2 aromatic rings. The molecule has 1 aliphatic rings. The van der Waals surface area contributed by atoms with E-state index in [2.05, 4.69) is 10.3 Å². The molecular formula is C18H20N2O5S. The number of rotatable bonds is 6. The third kappa shape index (κ3) is 3.86. The number of anilines is 1. The monoisotopic (exact) mass is 376 g/mol. The number of pyridine rings is 1. The number of carboxylic acids is 1. The van der Waals surface area contributed by atoms with Gasteiger partial charge in [0.25, 0.3) is 5.91 Å². The van der Waals surface area contributed by atoms with Crippen molar-refractivity contribution in [1.82, 2.24) is 4.98 Å². The van der Waals surface area contributed by atoms with Crippen LogP contribution in [-0.4, -0.2) is 41.3 Å². The van der Waals surface area contributed by atoms with Crippen LogP contribution in [0.3, 0.4) is 0 Å². The van der Waals surface area contributed by atoms with Crippen LogP contribution < -0.4 is 10.1 Å². The molecule has 0 radical (unpaired) electrons. The predicted molar refractivity (Wildman–Crippen MR) is 97.4 cm³/mol. The second-order valence-electron chi connectivity index (χ2n) is 5.94. The van der Waals surface area contributed by atoms with Crippen LogP contribution in [0.4, 0.5) is 5.00 Å². The van der Waals surface area contributed by atoms with Crippen molar-refractivity contribution in [2.45, 2.75) is 32.8 Å². The first-order valence-corrected chi connectivity index (χ1v) is 9.18. The average molecular weight is 376 g/mol. The minimum Gasteiger partial charge on any atom is -0.478 e. The van der Waals surface area contributed by atoms with E-state index in [1.54, 1.807) is 12.1 Å². The summed E-state index contributed by atoms with van der Waals surface area (Å²) in [5, 5.41) is 12.6. The molecule has 0 spiro atoms. The van der Waals surface area contributed by atoms with E-state index in [4.69, 9.17) is 9.47 Å². The number of carbonyl (C=O) groups is 2. The Labute approximate surface area is 155 Å². The van der Waals surface area contributed by atoms with Gasteiger partial charge in [0.2, 0.25) is 5.88 Å². The van der Waals surface area contributed by atoms with Gasteiger partial charge in [-0.1, -0.05) is 6.92 Å². The van der Waals surface area contributed by atoms with E-state index >= 15 is 0 Å². The minimum atomic E-state index is -1.04. The fourth-order valence-electron chi connectivity index (χ4n) is 2.89. The lowest BCUT2D eigenvalue weighted by atomic mass is 10.1. The largest absolute Gasteiger partial charge is 0.478 e. The normalized spacial score (nSPS) is 16.5. The lowest BCUT2D eigenvalue weighted by Crippen LogP contribution is -2.18. The molecule has 0 aromatic carbocycles. The van der Waals surface area contributed by atoms with Crippen LogP contribution >= 0.6 is 11.3 Å². The fourth-order valence-corrected chi connectivity index (χ4v) is 4.02. The SMILES string of the molecule is CCc1c(C)sc(NC(=O)c2ccnc(OC3CCOC3)c2)c1C(=O)O. The van der Waals surface area contributed by atoms with Gasteiger partial charge in [0.15, 0.2) is 0 Å². The lowest BCUT2D eigenvalue weighted by molar-refractivity contribution is 0.0697. The van der Waals surface area contributed by atoms with Gasteiger partial charge in [-0.05, 0) is 25.0 Å². The van der Waals surface area contributed by atoms with Crippen molar-refractivity contribution >= 4 is 28.2 Å². The van der Waals surface area contributed by atoms with Crippen LogP contribution in [0.2, 0.25) is 0 Å². The first-order valence-electron chi connectivity index (χ1n) is 8.37. The molecule has 0 saturated carbocycles. The van der Waals surface area contributed by atoms with E-state index in [9.17, 15) is 14.7 Å². The summed E-state index contributed by atoms with van der Waals surface area (Å²) in [6.07, 6.45) is 2.81. The Morgan fingerprint density at radius 3 is 2.96 bits per heavy atom. The number of aromatic nitrogens is 1. The number of hydrogen-bond acceptors (Lipinski definition) is 6. The number of ether oxygens (including phenoxy) is 2. The highest BCUT2D eigenvalue weighted by molar-refractivity contribution is 7.16. The van der Waals surface area contributed by atoms with Crippen molar-refractivity contribution < 1.29 is 24.2 Å². The van der Waals surface area contributed by atoms with Crippen molar-refractivity contribution in [3.8, 4) is 5.88 Å². The number of carboxylic acid groups (broad SMARTS) is 1. The summed E-state index contributed by atoms with van der Waals surface area (Å²) in [5.41, 5.74) is 1.27. The highest BCUT2D eigenvalue weighted by Crippen LogP contribution is 2.33. The van der Waals surface area contributed by atoms with Crippen LogP contribution in [0.25, 0.3) is 0 Å². The van der Waals surface area contributed by atoms with Crippen molar-refractivity contribution in [3.05, 3.63) is 39.9 Å². The molecule has 7 nitrogen and oxygen atoms in total. The standard InChI is InChI=1S/C18H20N2O5S/c1-3-13-10(2)26-17(15(13)18(22)23)20-16(21)11-4-6-19-14(8-11)25-12-5-7-24-9-12/h4,6,8,12H,3,5,7,9H2,1-2H3,(H,20,21)(H,22,23). The van der Waals surface area contributed by atoms with Gasteiger partial charge >= 0.3 is 5.97 Å². The van der Waals surface area contributed by atoms with E-state index in [1.807, 2.05) is 13.8 Å². The lowest BCUT2D eigenvalue weighted by Gasteiger charge is -2.11. The maximum Gasteiger partial charge on any atom is 0.339 e. The third-order valence-electron chi connectivity index (χ3n) is 4.18. The van der Waals surface area contributed by atoms with Crippen LogP contribution in [0.5, 0.6) is 5.88 Å². The van der Waals surface area contributed by atoms with E-state index in [-0.39, 0.29) is 11.7 Å². The number of carbonyl (C=O) groups excluding carboxylic acids is 1. The molecule has 3 rings (SSSR count). The van der Waals surface area contributed by atoms with Crippen molar-refractivity contribution in [1.29, 1.82) is 0 Å². The molecule has 2 aromatic heterocycles. The Bertz CT molecular complexity index is 827. The minimum absolute atomic E-state index is 0.0634. The van der Waals surface area contributed by atoms with Gasteiger partial charge in [-0.2, -0.15) is 0 Å². The summed E-state index contributed by atoms with van der Waals surface area (Å²) >= 11 is 1.27. The quantitative estimate of drug-likeness (QED) is 0.804. The molecule has 1 fully saturated rings. The molecular weight excluding hydrogens is 356 g/mol. The molecule has 1 aliphatic heterocycles. The number of aromatic carboxylic acids is 1. The smallest absolute Gasteiger partial charge is 0.339 e. The Balaban J connectivity index is 1.79. The zero-order chi connectivity index (χ0) is 18.7. The summed E-state index contributed by atoms with van der Waals surface area (Å²) < 4.78 is 11.0. The van der Waals surface area contributed by atoms with E-state index in [0.717, 1.165) is 16.9 Å². The molecule has 0 aliphatic carbocycles. The summed E-state index contributed by atoms with van der Waals surface area (Å²) in [6, 6.07) is 3.12. The van der Waals surface area contributed by atoms with Gasteiger partial charge < -0.3 is 19.9 Å². The number of amides is 1. The average Bonchev–Trinajstić information content (AvgIpc) is 3.22. The third-order valence-corrected chi connectivity index (χ3v) is 5.24. The molecule has 26 heavy (non-hydrogen) atoms. The molecule has 2 N–H and O–H groups in total. The molecule has 1 atom stereocenters.